The molecule has 0 atom stereocenters. The highest BCUT2D eigenvalue weighted by Gasteiger charge is 2.07. The molecule has 3 aromatic rings. The first kappa shape index (κ1) is 21.4. The number of nitrogens with zero attached hydrogens (tertiary/aromatic N) is 1. The third-order valence-corrected chi connectivity index (χ3v) is 5.20. The number of aryl methyl sites for hydroxylation is 1. The second kappa shape index (κ2) is 10.0. The molecule has 3 aromatic carbocycles. The fraction of sp³-hybridized carbons (Fsp3) is 0.231. The summed E-state index contributed by atoms with van der Waals surface area (Å²) in [6.07, 6.45) is 1.08. The molecule has 0 unspecified atom stereocenters. The number of benzene rings is 3. The quantitative estimate of drug-likeness (QED) is 0.371. The molecule has 1 aliphatic rings. The monoisotopic (exact) mass is 428 g/mol. The summed E-state index contributed by atoms with van der Waals surface area (Å²) < 4.78 is 11.9. The Morgan fingerprint density at radius 1 is 0.938 bits per heavy atom. The van der Waals surface area contributed by atoms with Crippen molar-refractivity contribution in [3.05, 3.63) is 94.5 Å². The van der Waals surface area contributed by atoms with Gasteiger partial charge < -0.3 is 20.5 Å². The summed E-state index contributed by atoms with van der Waals surface area (Å²) in [5, 5.41) is 10.8. The van der Waals surface area contributed by atoms with Crippen molar-refractivity contribution < 1.29 is 9.47 Å². The van der Waals surface area contributed by atoms with Crippen LogP contribution in [0.1, 0.15) is 34.2 Å². The van der Waals surface area contributed by atoms with Crippen molar-refractivity contribution >= 4 is 11.7 Å². The van der Waals surface area contributed by atoms with Gasteiger partial charge >= 0.3 is 0 Å². The van der Waals surface area contributed by atoms with Crippen LogP contribution in [0.5, 0.6) is 11.5 Å². The van der Waals surface area contributed by atoms with Crippen molar-refractivity contribution in [1.29, 1.82) is 5.41 Å². The molecule has 0 bridgehead atoms. The summed E-state index contributed by atoms with van der Waals surface area (Å²) >= 11 is 0. The molecule has 164 valence electrons. The molecule has 0 aliphatic carbocycles. The number of ether oxygens (including phenoxy) is 2. The molecule has 0 spiro atoms. The Bertz CT molecular complexity index is 1110. The molecule has 0 saturated heterocycles. The smallest absolute Gasteiger partial charge is 0.128 e. The molecule has 0 aromatic heterocycles. The van der Waals surface area contributed by atoms with Gasteiger partial charge in [0.2, 0.25) is 0 Å². The predicted octanol–water partition coefficient (Wildman–Crippen LogP) is 4.18. The Hall–Kier alpha value is -3.80. The van der Waals surface area contributed by atoms with E-state index in [-0.39, 0.29) is 5.84 Å². The van der Waals surface area contributed by atoms with Crippen LogP contribution in [0.4, 0.5) is 0 Å². The number of amidine groups is 2. The third kappa shape index (κ3) is 5.66. The molecule has 6 heteroatoms. The number of nitrogens with two attached hydrogens (primary N) is 1. The Kier molecular flexibility index (Phi) is 6.70. The molecular formula is C26H28N4O2. The predicted molar refractivity (Wildman–Crippen MR) is 128 cm³/mol. The van der Waals surface area contributed by atoms with Gasteiger partial charge in [0.05, 0.1) is 0 Å². The largest absolute Gasteiger partial charge is 0.489 e. The minimum Gasteiger partial charge on any atom is -0.489 e. The SMILES string of the molecule is Cc1cc(COc2ccc(C(=N)N)cc2)cc(COc2ccc(C3=NCCCN3)cc2)c1. The van der Waals surface area contributed by atoms with Gasteiger partial charge in [-0.1, -0.05) is 17.7 Å². The number of nitrogen functional groups attached to an aromatic ring is 1. The number of nitrogens with one attached hydrogen (secondary N) is 2. The Balaban J connectivity index is 1.35. The zero-order chi connectivity index (χ0) is 22.3. The van der Waals surface area contributed by atoms with Crippen molar-refractivity contribution in [2.45, 2.75) is 26.6 Å². The van der Waals surface area contributed by atoms with Crippen LogP contribution < -0.4 is 20.5 Å². The van der Waals surface area contributed by atoms with Crippen LogP contribution in [0.3, 0.4) is 0 Å². The molecule has 1 heterocycles. The summed E-state index contributed by atoms with van der Waals surface area (Å²) in [5.41, 5.74) is 10.6. The first-order valence-corrected chi connectivity index (χ1v) is 10.7. The van der Waals surface area contributed by atoms with Crippen LogP contribution in [-0.4, -0.2) is 24.8 Å². The number of hydrogen-bond acceptors (Lipinski definition) is 5. The maximum absolute atomic E-state index is 7.47. The molecule has 32 heavy (non-hydrogen) atoms. The van der Waals surface area contributed by atoms with Crippen molar-refractivity contribution in [1.82, 2.24) is 5.32 Å². The minimum absolute atomic E-state index is 0.0499. The van der Waals surface area contributed by atoms with E-state index >= 15 is 0 Å². The summed E-state index contributed by atoms with van der Waals surface area (Å²) in [7, 11) is 0. The maximum Gasteiger partial charge on any atom is 0.128 e. The molecule has 0 amide bonds. The van der Waals surface area contributed by atoms with E-state index < -0.39 is 0 Å². The zero-order valence-electron chi connectivity index (χ0n) is 18.2. The summed E-state index contributed by atoms with van der Waals surface area (Å²) in [5.74, 6) is 2.58. The molecule has 0 saturated carbocycles. The molecule has 4 rings (SSSR count). The second-order valence-corrected chi connectivity index (χ2v) is 7.88. The highest BCUT2D eigenvalue weighted by molar-refractivity contribution is 5.99. The highest BCUT2D eigenvalue weighted by Crippen LogP contribution is 2.19. The standard InChI is InChI=1S/C26H28N4O2/c1-18-13-19(16-31-23-7-3-21(4-8-23)25(27)28)15-20(14-18)17-32-24-9-5-22(6-10-24)26-29-11-2-12-30-26/h3-10,13-15H,2,11-12,16-17H2,1H3,(H3,27,28)(H,29,30). The maximum atomic E-state index is 7.47. The third-order valence-electron chi connectivity index (χ3n) is 5.20. The zero-order valence-corrected chi connectivity index (χ0v) is 18.2. The summed E-state index contributed by atoms with van der Waals surface area (Å²) in [6, 6.07) is 21.6. The lowest BCUT2D eigenvalue weighted by atomic mass is 10.1. The number of hydrogen-bond donors (Lipinski definition) is 3. The first-order chi connectivity index (χ1) is 15.6. The van der Waals surface area contributed by atoms with Gasteiger partial charge in [-0.2, -0.15) is 0 Å². The summed E-state index contributed by atoms with van der Waals surface area (Å²) in [6.45, 7) is 4.86. The lowest BCUT2D eigenvalue weighted by molar-refractivity contribution is 0.299. The Morgan fingerprint density at radius 2 is 1.53 bits per heavy atom. The van der Waals surface area contributed by atoms with E-state index in [1.165, 1.54) is 0 Å². The van der Waals surface area contributed by atoms with Gasteiger partial charge in [-0.15, -0.1) is 0 Å². The molecule has 4 N–H and O–H groups in total. The van der Waals surface area contributed by atoms with Crippen LogP contribution in [0.15, 0.2) is 71.7 Å². The van der Waals surface area contributed by atoms with Crippen LogP contribution in [0.25, 0.3) is 0 Å². The van der Waals surface area contributed by atoms with E-state index in [2.05, 4.69) is 35.4 Å². The van der Waals surface area contributed by atoms with Gasteiger partial charge in [0.15, 0.2) is 0 Å². The van der Waals surface area contributed by atoms with Crippen molar-refractivity contribution in [3.63, 3.8) is 0 Å². The van der Waals surface area contributed by atoms with E-state index in [9.17, 15) is 0 Å². The molecular weight excluding hydrogens is 400 g/mol. The fourth-order valence-corrected chi connectivity index (χ4v) is 3.61. The Labute approximate surface area is 188 Å². The minimum atomic E-state index is 0.0499. The number of aliphatic imine (C=N–C) groups is 1. The van der Waals surface area contributed by atoms with Gasteiger partial charge in [0, 0.05) is 24.2 Å². The molecule has 6 nitrogen and oxygen atoms in total. The average molecular weight is 429 g/mol. The van der Waals surface area contributed by atoms with Gasteiger partial charge in [-0.25, -0.2) is 0 Å². The van der Waals surface area contributed by atoms with Crippen LogP contribution >= 0.6 is 0 Å². The second-order valence-electron chi connectivity index (χ2n) is 7.88. The molecule has 0 radical (unpaired) electrons. The van der Waals surface area contributed by atoms with Gasteiger partial charge in [-0.05, 0) is 79.1 Å². The van der Waals surface area contributed by atoms with Crippen LogP contribution in [-0.2, 0) is 13.2 Å². The van der Waals surface area contributed by atoms with E-state index in [0.717, 1.165) is 59.1 Å². The van der Waals surface area contributed by atoms with Gasteiger partial charge in [0.25, 0.3) is 0 Å². The molecule has 0 fully saturated rings. The van der Waals surface area contributed by atoms with E-state index in [1.807, 2.05) is 36.4 Å². The van der Waals surface area contributed by atoms with Gasteiger partial charge in [-0.3, -0.25) is 10.4 Å². The average Bonchev–Trinajstić information content (AvgIpc) is 2.82. The van der Waals surface area contributed by atoms with Crippen molar-refractivity contribution in [2.75, 3.05) is 13.1 Å². The highest BCUT2D eigenvalue weighted by atomic mass is 16.5. The van der Waals surface area contributed by atoms with Crippen LogP contribution in [0.2, 0.25) is 0 Å². The summed E-state index contributed by atoms with van der Waals surface area (Å²) in [4.78, 5) is 4.53. The van der Waals surface area contributed by atoms with E-state index in [1.54, 1.807) is 12.1 Å². The topological polar surface area (TPSA) is 92.7 Å². The van der Waals surface area contributed by atoms with E-state index in [4.69, 9.17) is 20.6 Å². The lowest BCUT2D eigenvalue weighted by Gasteiger charge is -2.15. The number of rotatable bonds is 8. The van der Waals surface area contributed by atoms with Crippen molar-refractivity contribution in [2.24, 2.45) is 10.7 Å². The first-order valence-electron chi connectivity index (χ1n) is 10.7. The molecule has 1 aliphatic heterocycles. The normalized spacial score (nSPS) is 13.1. The lowest BCUT2D eigenvalue weighted by Crippen LogP contribution is -2.30. The van der Waals surface area contributed by atoms with Crippen molar-refractivity contribution in [3.8, 4) is 11.5 Å². The Morgan fingerprint density at radius 3 is 2.06 bits per heavy atom. The van der Waals surface area contributed by atoms with E-state index in [0.29, 0.717) is 18.8 Å². The van der Waals surface area contributed by atoms with Crippen LogP contribution in [0, 0.1) is 12.3 Å². The fourth-order valence-electron chi connectivity index (χ4n) is 3.61. The van der Waals surface area contributed by atoms with Gasteiger partial charge in [0.1, 0.15) is 36.4 Å².